The van der Waals surface area contributed by atoms with Gasteiger partial charge in [0.15, 0.2) is 5.78 Å². The zero-order chi connectivity index (χ0) is 14.5. The molecule has 1 saturated heterocycles. The van der Waals surface area contributed by atoms with Crippen molar-refractivity contribution in [3.8, 4) is 5.75 Å². The van der Waals surface area contributed by atoms with Gasteiger partial charge in [-0.2, -0.15) is 0 Å². The fraction of sp³-hybridized carbons (Fsp3) is 0.467. The number of benzene rings is 1. The number of likely N-dealkylation sites (tertiary alicyclic amines) is 1. The number of methoxy groups -OCH3 is 1. The van der Waals surface area contributed by atoms with E-state index in [0.29, 0.717) is 19.7 Å². The van der Waals surface area contributed by atoms with E-state index >= 15 is 0 Å². The molecule has 1 heterocycles. The molecular weight excluding hydrogens is 258 g/mol. The second-order valence-corrected chi connectivity index (χ2v) is 4.75. The number of hydrogen-bond donors (Lipinski definition) is 0. The van der Waals surface area contributed by atoms with Crippen LogP contribution in [0.3, 0.4) is 0 Å². The molecular formula is C15H19NO4. The van der Waals surface area contributed by atoms with Crippen molar-refractivity contribution in [2.45, 2.75) is 13.5 Å². The average molecular weight is 277 g/mol. The van der Waals surface area contributed by atoms with E-state index < -0.39 is 11.9 Å². The van der Waals surface area contributed by atoms with Crippen LogP contribution in [0.25, 0.3) is 0 Å². The van der Waals surface area contributed by atoms with Gasteiger partial charge in [0.05, 0.1) is 20.3 Å². The van der Waals surface area contributed by atoms with Crippen LogP contribution in [0.1, 0.15) is 12.5 Å². The highest BCUT2D eigenvalue weighted by atomic mass is 16.5. The summed E-state index contributed by atoms with van der Waals surface area (Å²) < 4.78 is 10.2. The van der Waals surface area contributed by atoms with Crippen molar-refractivity contribution in [1.82, 2.24) is 4.90 Å². The molecule has 1 unspecified atom stereocenters. The number of rotatable bonds is 5. The second kappa shape index (κ2) is 6.52. The third kappa shape index (κ3) is 3.17. The molecule has 1 atom stereocenters. The van der Waals surface area contributed by atoms with Crippen LogP contribution in [-0.2, 0) is 20.9 Å². The van der Waals surface area contributed by atoms with Gasteiger partial charge in [0.25, 0.3) is 0 Å². The minimum Gasteiger partial charge on any atom is -0.496 e. The van der Waals surface area contributed by atoms with E-state index in [1.54, 1.807) is 14.0 Å². The fourth-order valence-electron chi connectivity index (χ4n) is 2.40. The van der Waals surface area contributed by atoms with Gasteiger partial charge in [-0.1, -0.05) is 18.2 Å². The Hall–Kier alpha value is -1.88. The zero-order valence-corrected chi connectivity index (χ0v) is 11.8. The van der Waals surface area contributed by atoms with E-state index in [9.17, 15) is 9.59 Å². The highest BCUT2D eigenvalue weighted by molar-refractivity contribution is 6.01. The summed E-state index contributed by atoms with van der Waals surface area (Å²) in [5, 5.41) is 0. The minimum atomic E-state index is -0.648. The van der Waals surface area contributed by atoms with E-state index in [-0.39, 0.29) is 12.3 Å². The largest absolute Gasteiger partial charge is 0.496 e. The van der Waals surface area contributed by atoms with Crippen LogP contribution in [0.2, 0.25) is 0 Å². The topological polar surface area (TPSA) is 55.8 Å². The Morgan fingerprint density at radius 3 is 2.85 bits per heavy atom. The summed E-state index contributed by atoms with van der Waals surface area (Å²) in [4.78, 5) is 25.5. The third-order valence-corrected chi connectivity index (χ3v) is 3.37. The van der Waals surface area contributed by atoms with Crippen molar-refractivity contribution >= 4 is 11.8 Å². The minimum absolute atomic E-state index is 0.0710. The molecule has 1 aromatic rings. The molecule has 1 fully saturated rings. The number of Topliss-reactive ketones (excluding diaryl/α,β-unsaturated/α-hetero) is 1. The van der Waals surface area contributed by atoms with Crippen LogP contribution in [0.15, 0.2) is 24.3 Å². The molecule has 0 spiro atoms. The molecule has 1 aliphatic heterocycles. The Bertz CT molecular complexity index is 500. The molecule has 0 radical (unpaired) electrons. The predicted octanol–water partition coefficient (Wildman–Crippen LogP) is 1.26. The van der Waals surface area contributed by atoms with Gasteiger partial charge in [0, 0.05) is 18.7 Å². The number of ether oxygens (including phenoxy) is 2. The third-order valence-electron chi connectivity index (χ3n) is 3.37. The van der Waals surface area contributed by atoms with Gasteiger partial charge in [-0.25, -0.2) is 0 Å². The van der Waals surface area contributed by atoms with Gasteiger partial charge >= 0.3 is 5.97 Å². The van der Waals surface area contributed by atoms with Gasteiger partial charge in [0.1, 0.15) is 11.7 Å². The maximum absolute atomic E-state index is 11.9. The Kier molecular flexibility index (Phi) is 4.74. The van der Waals surface area contributed by atoms with Crippen LogP contribution >= 0.6 is 0 Å². The number of nitrogens with zero attached hydrogens (tertiary/aromatic N) is 1. The average Bonchev–Trinajstić information content (AvgIpc) is 2.80. The second-order valence-electron chi connectivity index (χ2n) is 4.75. The first kappa shape index (κ1) is 14.5. The molecule has 0 aliphatic carbocycles. The highest BCUT2D eigenvalue weighted by Gasteiger charge is 2.37. The first-order valence-corrected chi connectivity index (χ1v) is 6.69. The van der Waals surface area contributed by atoms with Crippen LogP contribution < -0.4 is 4.74 Å². The summed E-state index contributed by atoms with van der Waals surface area (Å²) in [6, 6.07) is 7.68. The van der Waals surface area contributed by atoms with E-state index in [2.05, 4.69) is 0 Å². The smallest absolute Gasteiger partial charge is 0.317 e. The van der Waals surface area contributed by atoms with E-state index in [1.807, 2.05) is 29.2 Å². The van der Waals surface area contributed by atoms with Gasteiger partial charge in [-0.3, -0.25) is 14.5 Å². The first-order valence-electron chi connectivity index (χ1n) is 6.69. The lowest BCUT2D eigenvalue weighted by atomic mass is 10.1. The molecule has 1 aliphatic rings. The summed E-state index contributed by atoms with van der Waals surface area (Å²) in [5.74, 6) is -0.345. The molecule has 0 N–H and O–H groups in total. The maximum atomic E-state index is 11.9. The van der Waals surface area contributed by atoms with Crippen LogP contribution in [0.4, 0.5) is 0 Å². The molecule has 20 heavy (non-hydrogen) atoms. The van der Waals surface area contributed by atoms with E-state index in [4.69, 9.17) is 9.47 Å². The molecule has 0 bridgehead atoms. The maximum Gasteiger partial charge on any atom is 0.317 e. The van der Waals surface area contributed by atoms with Crippen molar-refractivity contribution < 1.29 is 19.1 Å². The van der Waals surface area contributed by atoms with Crippen LogP contribution in [-0.4, -0.2) is 43.5 Å². The molecule has 0 amide bonds. The fourth-order valence-corrected chi connectivity index (χ4v) is 2.40. The van der Waals surface area contributed by atoms with Gasteiger partial charge in [-0.15, -0.1) is 0 Å². The quantitative estimate of drug-likeness (QED) is 0.599. The highest BCUT2D eigenvalue weighted by Crippen LogP contribution is 2.22. The summed E-state index contributed by atoms with van der Waals surface area (Å²) in [6.45, 7) is 3.32. The van der Waals surface area contributed by atoms with Crippen LogP contribution in [0.5, 0.6) is 5.75 Å². The predicted molar refractivity (Wildman–Crippen MR) is 73.4 cm³/mol. The van der Waals surface area contributed by atoms with E-state index in [1.165, 1.54) is 0 Å². The molecule has 5 heteroatoms. The van der Waals surface area contributed by atoms with Gasteiger partial charge in [0.2, 0.25) is 0 Å². The van der Waals surface area contributed by atoms with Crippen molar-refractivity contribution in [3.05, 3.63) is 29.8 Å². The summed E-state index contributed by atoms with van der Waals surface area (Å²) in [5.41, 5.74) is 1.01. The van der Waals surface area contributed by atoms with Crippen LogP contribution in [0, 0.1) is 5.92 Å². The lowest BCUT2D eigenvalue weighted by Crippen LogP contribution is -2.25. The normalized spacial score (nSPS) is 19.1. The Morgan fingerprint density at radius 1 is 1.40 bits per heavy atom. The number of esters is 1. The van der Waals surface area contributed by atoms with Crippen molar-refractivity contribution in [3.63, 3.8) is 0 Å². The molecule has 0 aromatic heterocycles. The summed E-state index contributed by atoms with van der Waals surface area (Å²) in [7, 11) is 1.62. The number of para-hydroxylation sites is 1. The molecule has 108 valence electrons. The van der Waals surface area contributed by atoms with E-state index in [0.717, 1.165) is 11.3 Å². The number of carbonyl (C=O) groups excluding carboxylic acids is 2. The summed E-state index contributed by atoms with van der Waals surface area (Å²) in [6.07, 6.45) is 0. The lowest BCUT2D eigenvalue weighted by molar-refractivity contribution is -0.149. The SMILES string of the molecule is CCOC(=O)C1CN(Cc2ccccc2OC)CC1=O. The van der Waals surface area contributed by atoms with Gasteiger partial charge < -0.3 is 9.47 Å². The standard InChI is InChI=1S/C15H19NO4/c1-3-20-15(18)12-9-16(10-13(12)17)8-11-6-4-5-7-14(11)19-2/h4-7,12H,3,8-10H2,1-2H3. The number of hydrogen-bond acceptors (Lipinski definition) is 5. The van der Waals surface area contributed by atoms with Crippen molar-refractivity contribution in [1.29, 1.82) is 0 Å². The first-order chi connectivity index (χ1) is 9.65. The molecule has 1 aromatic carbocycles. The summed E-state index contributed by atoms with van der Waals surface area (Å²) >= 11 is 0. The van der Waals surface area contributed by atoms with Crippen molar-refractivity contribution in [2.24, 2.45) is 5.92 Å². The van der Waals surface area contributed by atoms with Gasteiger partial charge in [-0.05, 0) is 13.0 Å². The zero-order valence-electron chi connectivity index (χ0n) is 11.8. The Labute approximate surface area is 118 Å². The molecule has 0 saturated carbocycles. The van der Waals surface area contributed by atoms with Crippen molar-refractivity contribution in [2.75, 3.05) is 26.8 Å². The molecule has 2 rings (SSSR count). The lowest BCUT2D eigenvalue weighted by Gasteiger charge is -2.16. The number of carbonyl (C=O) groups is 2. The Morgan fingerprint density at radius 2 is 2.15 bits per heavy atom. The Balaban J connectivity index is 2.02. The number of ketones is 1. The monoisotopic (exact) mass is 277 g/mol. The molecule has 5 nitrogen and oxygen atoms in total.